The van der Waals surface area contributed by atoms with E-state index in [1.54, 1.807) is 11.3 Å². The van der Waals surface area contributed by atoms with Crippen molar-refractivity contribution in [3.63, 3.8) is 0 Å². The molecule has 5 heteroatoms. The van der Waals surface area contributed by atoms with E-state index in [1.807, 2.05) is 12.1 Å². The molecule has 1 saturated heterocycles. The summed E-state index contributed by atoms with van der Waals surface area (Å²) in [5, 5.41) is 6.37. The molecule has 0 N–H and O–H groups in total. The average Bonchev–Trinajstić information content (AvgIpc) is 3.32. The standard InChI is InChI=1S/C22H27N3O2/c1-16-7-9-18(10-8-16)19-13-20(21-6-4-12-27-21)25(23-19)22(26)15-24-11-3-5-17(2)14-24/h4,6-10,12,17,20H,3,5,11,13-15H2,1-2H3/t17-,20+/m0/s1. The zero-order valence-electron chi connectivity index (χ0n) is 16.1. The van der Waals surface area contributed by atoms with Gasteiger partial charge in [-0.2, -0.15) is 5.10 Å². The highest BCUT2D eigenvalue weighted by molar-refractivity contribution is 6.03. The van der Waals surface area contributed by atoms with Crippen LogP contribution in [-0.4, -0.2) is 41.2 Å². The first-order chi connectivity index (χ1) is 13.1. The first-order valence-corrected chi connectivity index (χ1v) is 9.82. The molecule has 1 aromatic heterocycles. The van der Waals surface area contributed by atoms with E-state index < -0.39 is 0 Å². The van der Waals surface area contributed by atoms with E-state index in [4.69, 9.17) is 9.52 Å². The van der Waals surface area contributed by atoms with Gasteiger partial charge in [-0.15, -0.1) is 0 Å². The summed E-state index contributed by atoms with van der Waals surface area (Å²) in [5.74, 6) is 1.49. The minimum atomic E-state index is -0.161. The molecule has 0 radical (unpaired) electrons. The number of aryl methyl sites for hydroxylation is 1. The van der Waals surface area contributed by atoms with E-state index in [0.29, 0.717) is 18.9 Å². The molecular weight excluding hydrogens is 338 g/mol. The largest absolute Gasteiger partial charge is 0.467 e. The normalized spacial score (nSPS) is 23.5. The van der Waals surface area contributed by atoms with Crippen LogP contribution in [0.5, 0.6) is 0 Å². The Hall–Kier alpha value is -2.40. The summed E-state index contributed by atoms with van der Waals surface area (Å²) >= 11 is 0. The van der Waals surface area contributed by atoms with Gasteiger partial charge >= 0.3 is 0 Å². The molecule has 1 amide bonds. The Labute approximate surface area is 160 Å². The fourth-order valence-corrected chi connectivity index (χ4v) is 4.06. The Morgan fingerprint density at radius 1 is 1.26 bits per heavy atom. The first-order valence-electron chi connectivity index (χ1n) is 9.82. The fourth-order valence-electron chi connectivity index (χ4n) is 4.06. The van der Waals surface area contributed by atoms with Gasteiger partial charge in [0.25, 0.3) is 5.91 Å². The van der Waals surface area contributed by atoms with Crippen LogP contribution in [-0.2, 0) is 4.79 Å². The predicted octanol–water partition coefficient (Wildman–Crippen LogP) is 4.00. The summed E-state index contributed by atoms with van der Waals surface area (Å²) < 4.78 is 5.63. The fraction of sp³-hybridized carbons (Fsp3) is 0.455. The lowest BCUT2D eigenvalue weighted by molar-refractivity contribution is -0.135. The molecule has 0 saturated carbocycles. The van der Waals surface area contributed by atoms with Gasteiger partial charge in [0, 0.05) is 13.0 Å². The maximum absolute atomic E-state index is 13.1. The van der Waals surface area contributed by atoms with E-state index in [0.717, 1.165) is 36.5 Å². The Balaban J connectivity index is 1.55. The minimum Gasteiger partial charge on any atom is -0.467 e. The smallest absolute Gasteiger partial charge is 0.257 e. The van der Waals surface area contributed by atoms with Gasteiger partial charge in [0.2, 0.25) is 0 Å². The lowest BCUT2D eigenvalue weighted by Crippen LogP contribution is -2.42. The number of likely N-dealkylation sites (tertiary alicyclic amines) is 1. The van der Waals surface area contributed by atoms with Crippen molar-refractivity contribution in [2.24, 2.45) is 11.0 Å². The summed E-state index contributed by atoms with van der Waals surface area (Å²) in [7, 11) is 0. The van der Waals surface area contributed by atoms with Crippen molar-refractivity contribution in [2.75, 3.05) is 19.6 Å². The van der Waals surface area contributed by atoms with E-state index in [1.165, 1.54) is 12.0 Å². The molecule has 2 aliphatic rings. The number of amides is 1. The lowest BCUT2D eigenvalue weighted by atomic mass is 10.0. The minimum absolute atomic E-state index is 0.0487. The van der Waals surface area contributed by atoms with Gasteiger partial charge in [0.1, 0.15) is 11.8 Å². The quantitative estimate of drug-likeness (QED) is 0.823. The van der Waals surface area contributed by atoms with Crippen LogP contribution in [0, 0.1) is 12.8 Å². The second-order valence-electron chi connectivity index (χ2n) is 7.87. The third kappa shape index (κ3) is 3.98. The molecule has 5 nitrogen and oxygen atoms in total. The summed E-state index contributed by atoms with van der Waals surface area (Å²) in [6, 6.07) is 12.0. The van der Waals surface area contributed by atoms with Crippen LogP contribution in [0.15, 0.2) is 52.2 Å². The van der Waals surface area contributed by atoms with Gasteiger partial charge in [-0.1, -0.05) is 36.8 Å². The number of nitrogens with zero attached hydrogens (tertiary/aromatic N) is 3. The molecule has 2 atom stereocenters. The molecular formula is C22H27N3O2. The molecule has 0 unspecified atom stereocenters. The highest BCUT2D eigenvalue weighted by Crippen LogP contribution is 2.33. The molecule has 27 heavy (non-hydrogen) atoms. The molecule has 1 fully saturated rings. The number of hydrogen-bond acceptors (Lipinski definition) is 4. The van der Waals surface area contributed by atoms with Crippen LogP contribution in [0.1, 0.15) is 49.1 Å². The zero-order chi connectivity index (χ0) is 18.8. The van der Waals surface area contributed by atoms with Gasteiger partial charge in [0.05, 0.1) is 18.5 Å². The predicted molar refractivity (Wildman–Crippen MR) is 105 cm³/mol. The summed E-state index contributed by atoms with van der Waals surface area (Å²) in [4.78, 5) is 15.4. The highest BCUT2D eigenvalue weighted by atomic mass is 16.3. The second-order valence-corrected chi connectivity index (χ2v) is 7.87. The van der Waals surface area contributed by atoms with Gasteiger partial charge in [-0.05, 0) is 49.9 Å². The van der Waals surface area contributed by atoms with Crippen LogP contribution >= 0.6 is 0 Å². The van der Waals surface area contributed by atoms with Gasteiger partial charge in [-0.3, -0.25) is 9.69 Å². The third-order valence-electron chi connectivity index (χ3n) is 5.52. The van der Waals surface area contributed by atoms with E-state index in [2.05, 4.69) is 43.0 Å². The first kappa shape index (κ1) is 18.0. The van der Waals surface area contributed by atoms with Crippen molar-refractivity contribution in [3.8, 4) is 0 Å². The molecule has 0 aliphatic carbocycles. The highest BCUT2D eigenvalue weighted by Gasteiger charge is 2.35. The Bertz CT molecular complexity index is 811. The topological polar surface area (TPSA) is 49.1 Å². The number of furan rings is 1. The maximum Gasteiger partial charge on any atom is 0.257 e. The summed E-state index contributed by atoms with van der Waals surface area (Å²) in [6.07, 6.45) is 4.75. The van der Waals surface area contributed by atoms with E-state index >= 15 is 0 Å². The third-order valence-corrected chi connectivity index (χ3v) is 5.52. The van der Waals surface area contributed by atoms with Crippen molar-refractivity contribution >= 4 is 11.6 Å². The van der Waals surface area contributed by atoms with Crippen LogP contribution in [0.2, 0.25) is 0 Å². The SMILES string of the molecule is Cc1ccc(C2=NN(C(=O)CN3CCC[C@H](C)C3)[C@@H](c3ccco3)C2)cc1. The van der Waals surface area contributed by atoms with Crippen LogP contribution < -0.4 is 0 Å². The van der Waals surface area contributed by atoms with E-state index in [9.17, 15) is 4.79 Å². The van der Waals surface area contributed by atoms with Gasteiger partial charge in [0.15, 0.2) is 0 Å². The number of hydrogen-bond donors (Lipinski definition) is 0. The number of carbonyl (C=O) groups is 1. The molecule has 1 aromatic carbocycles. The van der Waals surface area contributed by atoms with Gasteiger partial charge < -0.3 is 4.42 Å². The number of hydrazone groups is 1. The van der Waals surface area contributed by atoms with Crippen molar-refractivity contribution in [2.45, 2.75) is 39.2 Å². The van der Waals surface area contributed by atoms with Crippen molar-refractivity contribution < 1.29 is 9.21 Å². The Kier molecular flexibility index (Phi) is 5.12. The molecule has 4 rings (SSSR count). The molecule has 142 valence electrons. The Morgan fingerprint density at radius 3 is 2.78 bits per heavy atom. The Morgan fingerprint density at radius 2 is 2.07 bits per heavy atom. The van der Waals surface area contributed by atoms with Crippen molar-refractivity contribution in [1.29, 1.82) is 0 Å². The molecule has 3 heterocycles. The van der Waals surface area contributed by atoms with Crippen LogP contribution in [0.4, 0.5) is 0 Å². The van der Waals surface area contributed by atoms with Crippen molar-refractivity contribution in [1.82, 2.24) is 9.91 Å². The molecule has 2 aliphatic heterocycles. The zero-order valence-corrected chi connectivity index (χ0v) is 16.1. The van der Waals surface area contributed by atoms with Crippen LogP contribution in [0.3, 0.4) is 0 Å². The molecule has 0 bridgehead atoms. The maximum atomic E-state index is 13.1. The monoisotopic (exact) mass is 365 g/mol. The average molecular weight is 365 g/mol. The number of piperidine rings is 1. The summed E-state index contributed by atoms with van der Waals surface area (Å²) in [6.45, 7) is 6.72. The van der Waals surface area contributed by atoms with Crippen LogP contribution in [0.25, 0.3) is 0 Å². The van der Waals surface area contributed by atoms with Crippen molar-refractivity contribution in [3.05, 3.63) is 59.5 Å². The second kappa shape index (κ2) is 7.69. The number of rotatable bonds is 4. The number of carbonyl (C=O) groups excluding carboxylic acids is 1. The lowest BCUT2D eigenvalue weighted by Gasteiger charge is -2.31. The van der Waals surface area contributed by atoms with Gasteiger partial charge in [-0.25, -0.2) is 5.01 Å². The number of benzene rings is 1. The molecule has 0 spiro atoms. The molecule has 2 aromatic rings. The van der Waals surface area contributed by atoms with E-state index in [-0.39, 0.29) is 11.9 Å². The summed E-state index contributed by atoms with van der Waals surface area (Å²) in [5.41, 5.74) is 3.22.